The van der Waals surface area contributed by atoms with Gasteiger partial charge in [0.25, 0.3) is 0 Å². The minimum absolute atomic E-state index is 0.231. The fourth-order valence-electron chi connectivity index (χ4n) is 2.72. The molecule has 0 aliphatic rings. The molecule has 2 rings (SSSR count). The van der Waals surface area contributed by atoms with Crippen molar-refractivity contribution in [3.05, 3.63) is 65.7 Å². The first-order valence-electron chi connectivity index (χ1n) is 9.49. The van der Waals surface area contributed by atoms with E-state index in [1.54, 1.807) is 29.2 Å². The number of hydrogen-bond acceptors (Lipinski definition) is 4. The molecule has 0 aliphatic carbocycles. The molecular weight excluding hydrogens is 354 g/mol. The number of ether oxygens (including phenoxy) is 2. The van der Waals surface area contributed by atoms with Crippen LogP contribution in [-0.4, -0.2) is 43.5 Å². The van der Waals surface area contributed by atoms with Gasteiger partial charge in [0, 0.05) is 25.4 Å². The van der Waals surface area contributed by atoms with Crippen molar-refractivity contribution in [3.8, 4) is 6.07 Å². The molecule has 0 saturated carbocycles. The molecule has 0 aromatic heterocycles. The summed E-state index contributed by atoms with van der Waals surface area (Å²) in [5.74, 6) is 0. The van der Waals surface area contributed by atoms with Crippen molar-refractivity contribution >= 4 is 11.7 Å². The third-order valence-corrected chi connectivity index (χ3v) is 4.14. The van der Waals surface area contributed by atoms with Gasteiger partial charge >= 0.3 is 6.03 Å². The van der Waals surface area contributed by atoms with Gasteiger partial charge in [0.1, 0.15) is 0 Å². The maximum Gasteiger partial charge on any atom is 0.322 e. The van der Waals surface area contributed by atoms with Gasteiger partial charge in [0.2, 0.25) is 0 Å². The molecule has 0 fully saturated rings. The molecule has 148 valence electrons. The largest absolute Gasteiger partial charge is 0.351 e. The maximum absolute atomic E-state index is 12.9. The molecule has 0 atom stereocenters. The molecule has 2 amide bonds. The van der Waals surface area contributed by atoms with Crippen LogP contribution in [-0.2, 0) is 15.9 Å². The highest BCUT2D eigenvalue weighted by atomic mass is 16.7. The summed E-state index contributed by atoms with van der Waals surface area (Å²) in [7, 11) is 0. The van der Waals surface area contributed by atoms with Gasteiger partial charge < -0.3 is 19.7 Å². The average Bonchev–Trinajstić information content (AvgIpc) is 2.72. The summed E-state index contributed by atoms with van der Waals surface area (Å²) in [6.07, 6.45) is 0.254. The van der Waals surface area contributed by atoms with Gasteiger partial charge in [0.05, 0.1) is 18.2 Å². The van der Waals surface area contributed by atoms with Gasteiger partial charge in [-0.3, -0.25) is 0 Å². The standard InChI is InChI=1S/C22H27N3O3/c1-3-27-21(28-4-2)17-25(15-14-18-8-6-5-7-9-18)22(26)24-20-12-10-19(16-23)11-13-20/h5-13,21H,3-4,14-15,17H2,1-2H3,(H,24,26). The SMILES string of the molecule is CCOC(CN(CCc1ccccc1)C(=O)Nc1ccc(C#N)cc1)OCC. The number of urea groups is 1. The summed E-state index contributed by atoms with van der Waals surface area (Å²) < 4.78 is 11.2. The van der Waals surface area contributed by atoms with E-state index in [0.29, 0.717) is 37.6 Å². The Kier molecular flexibility index (Phi) is 8.99. The molecular formula is C22H27N3O3. The minimum atomic E-state index is -0.475. The maximum atomic E-state index is 12.9. The van der Waals surface area contributed by atoms with Crippen molar-refractivity contribution in [2.45, 2.75) is 26.6 Å². The zero-order valence-corrected chi connectivity index (χ0v) is 16.4. The minimum Gasteiger partial charge on any atom is -0.351 e. The number of carbonyl (C=O) groups excluding carboxylic acids is 1. The van der Waals surface area contributed by atoms with Crippen molar-refractivity contribution in [1.82, 2.24) is 4.90 Å². The highest BCUT2D eigenvalue weighted by Gasteiger charge is 2.20. The third kappa shape index (κ3) is 7.03. The van der Waals surface area contributed by atoms with E-state index in [1.165, 1.54) is 0 Å². The van der Waals surface area contributed by atoms with Crippen molar-refractivity contribution in [1.29, 1.82) is 5.26 Å². The van der Waals surface area contributed by atoms with Crippen LogP contribution in [0.5, 0.6) is 0 Å². The molecule has 0 radical (unpaired) electrons. The van der Waals surface area contributed by atoms with E-state index >= 15 is 0 Å². The van der Waals surface area contributed by atoms with E-state index in [1.807, 2.05) is 44.2 Å². The predicted octanol–water partition coefficient (Wildman–Crippen LogP) is 4.03. The van der Waals surface area contributed by atoms with E-state index in [2.05, 4.69) is 11.4 Å². The number of nitrogens with one attached hydrogen (secondary N) is 1. The molecule has 0 heterocycles. The molecule has 0 spiro atoms. The molecule has 1 N–H and O–H groups in total. The molecule has 0 saturated heterocycles. The molecule has 2 aromatic rings. The second-order valence-corrected chi connectivity index (χ2v) is 6.14. The smallest absolute Gasteiger partial charge is 0.322 e. The van der Waals surface area contributed by atoms with Gasteiger partial charge in [-0.25, -0.2) is 4.79 Å². The van der Waals surface area contributed by atoms with E-state index in [9.17, 15) is 4.79 Å². The highest BCUT2D eigenvalue weighted by molar-refractivity contribution is 5.89. The number of benzene rings is 2. The lowest BCUT2D eigenvalue weighted by atomic mass is 10.1. The van der Waals surface area contributed by atoms with Crippen molar-refractivity contribution in [2.75, 3.05) is 31.6 Å². The highest BCUT2D eigenvalue weighted by Crippen LogP contribution is 2.12. The number of hydrogen-bond donors (Lipinski definition) is 1. The Labute approximate surface area is 166 Å². The number of anilines is 1. The van der Waals surface area contributed by atoms with E-state index in [0.717, 1.165) is 12.0 Å². The van der Waals surface area contributed by atoms with Gasteiger partial charge in [-0.1, -0.05) is 30.3 Å². The summed E-state index contributed by atoms with van der Waals surface area (Å²) in [6.45, 7) is 5.68. The van der Waals surface area contributed by atoms with Crippen molar-refractivity contribution in [3.63, 3.8) is 0 Å². The average molecular weight is 381 g/mol. The topological polar surface area (TPSA) is 74.6 Å². The summed E-state index contributed by atoms with van der Waals surface area (Å²) >= 11 is 0. The Morgan fingerprint density at radius 1 is 1.07 bits per heavy atom. The van der Waals surface area contributed by atoms with E-state index in [-0.39, 0.29) is 6.03 Å². The fraction of sp³-hybridized carbons (Fsp3) is 0.364. The van der Waals surface area contributed by atoms with Crippen LogP contribution in [0.1, 0.15) is 25.0 Å². The predicted molar refractivity (Wildman–Crippen MR) is 109 cm³/mol. The van der Waals surface area contributed by atoms with Gasteiger partial charge in [-0.05, 0) is 50.1 Å². The Bertz CT molecular complexity index is 751. The van der Waals surface area contributed by atoms with Gasteiger partial charge in [-0.15, -0.1) is 0 Å². The quantitative estimate of drug-likeness (QED) is 0.631. The first-order chi connectivity index (χ1) is 13.7. The van der Waals surface area contributed by atoms with Crippen LogP contribution >= 0.6 is 0 Å². The Morgan fingerprint density at radius 2 is 1.71 bits per heavy atom. The van der Waals surface area contributed by atoms with Crippen LogP contribution in [0.4, 0.5) is 10.5 Å². The van der Waals surface area contributed by atoms with Gasteiger partial charge in [0.15, 0.2) is 6.29 Å². The second kappa shape index (κ2) is 11.8. The number of rotatable bonds is 10. The normalized spacial score (nSPS) is 10.5. The number of nitriles is 1. The molecule has 28 heavy (non-hydrogen) atoms. The fourth-order valence-corrected chi connectivity index (χ4v) is 2.72. The molecule has 6 nitrogen and oxygen atoms in total. The van der Waals surface area contributed by atoms with Crippen LogP contribution in [0.3, 0.4) is 0 Å². The summed E-state index contributed by atoms with van der Waals surface area (Å²) in [5, 5.41) is 11.8. The lowest BCUT2D eigenvalue weighted by Gasteiger charge is -2.27. The van der Waals surface area contributed by atoms with Crippen LogP contribution in [0.25, 0.3) is 0 Å². The van der Waals surface area contributed by atoms with Crippen LogP contribution in [0.2, 0.25) is 0 Å². The van der Waals surface area contributed by atoms with Gasteiger partial charge in [-0.2, -0.15) is 5.26 Å². The van der Waals surface area contributed by atoms with Crippen molar-refractivity contribution in [2.24, 2.45) is 0 Å². The van der Waals surface area contributed by atoms with Crippen LogP contribution in [0.15, 0.2) is 54.6 Å². The lowest BCUT2D eigenvalue weighted by Crippen LogP contribution is -2.43. The number of nitrogens with zero attached hydrogens (tertiary/aromatic N) is 2. The first kappa shape index (κ1) is 21.4. The second-order valence-electron chi connectivity index (χ2n) is 6.14. The third-order valence-electron chi connectivity index (χ3n) is 4.14. The Balaban J connectivity index is 2.07. The van der Waals surface area contributed by atoms with E-state index < -0.39 is 6.29 Å². The van der Waals surface area contributed by atoms with E-state index in [4.69, 9.17) is 14.7 Å². The number of carbonyl (C=O) groups is 1. The Morgan fingerprint density at radius 3 is 2.29 bits per heavy atom. The molecule has 2 aromatic carbocycles. The zero-order valence-electron chi connectivity index (χ0n) is 16.4. The van der Waals surface area contributed by atoms with Crippen LogP contribution in [0, 0.1) is 11.3 Å². The van der Waals surface area contributed by atoms with Crippen LogP contribution < -0.4 is 5.32 Å². The number of amides is 2. The molecule has 6 heteroatoms. The molecule has 0 bridgehead atoms. The Hall–Kier alpha value is -2.88. The molecule has 0 aliphatic heterocycles. The summed E-state index contributed by atoms with van der Waals surface area (Å²) in [5.41, 5.74) is 2.34. The first-order valence-corrected chi connectivity index (χ1v) is 9.49. The monoisotopic (exact) mass is 381 g/mol. The summed E-state index contributed by atoms with van der Waals surface area (Å²) in [4.78, 5) is 14.6. The molecule has 0 unspecified atom stereocenters. The van der Waals surface area contributed by atoms with Crippen molar-refractivity contribution < 1.29 is 14.3 Å². The lowest BCUT2D eigenvalue weighted by molar-refractivity contribution is -0.142. The summed E-state index contributed by atoms with van der Waals surface area (Å²) in [6, 6.07) is 18.6. The zero-order chi connectivity index (χ0) is 20.2.